The topological polar surface area (TPSA) is 75.7 Å². The number of sulfonamides is 1. The van der Waals surface area contributed by atoms with E-state index in [1.807, 2.05) is 13.0 Å². The van der Waals surface area contributed by atoms with Crippen molar-refractivity contribution in [2.24, 2.45) is 0 Å². The van der Waals surface area contributed by atoms with Crippen LogP contribution in [0.3, 0.4) is 0 Å². The summed E-state index contributed by atoms with van der Waals surface area (Å²) in [7, 11) is -3.49. The number of aryl methyl sites for hydroxylation is 1. The SMILES string of the molecule is Cc1ccc2c(c1)N(S(C)(=O)=O)CCC(C(=O)Nc1cccc(Cl)c1)O2. The maximum Gasteiger partial charge on any atom is 0.265 e. The zero-order valence-corrected chi connectivity index (χ0v) is 16.0. The van der Waals surface area contributed by atoms with Crippen LogP contribution in [0.5, 0.6) is 5.75 Å². The normalized spacial score (nSPS) is 17.0. The molecule has 1 unspecified atom stereocenters. The Kier molecular flexibility index (Phi) is 5.11. The molecule has 3 rings (SSSR count). The minimum atomic E-state index is -3.49. The van der Waals surface area contributed by atoms with Gasteiger partial charge in [-0.25, -0.2) is 8.42 Å². The number of benzene rings is 2. The van der Waals surface area contributed by atoms with Crippen molar-refractivity contribution in [2.45, 2.75) is 19.4 Å². The molecule has 2 aromatic carbocycles. The molecule has 0 spiro atoms. The Morgan fingerprint density at radius 3 is 2.73 bits per heavy atom. The van der Waals surface area contributed by atoms with Crippen molar-refractivity contribution in [1.29, 1.82) is 0 Å². The van der Waals surface area contributed by atoms with Crippen LogP contribution < -0.4 is 14.4 Å². The van der Waals surface area contributed by atoms with Crippen molar-refractivity contribution >= 4 is 38.9 Å². The zero-order chi connectivity index (χ0) is 18.9. The van der Waals surface area contributed by atoms with Gasteiger partial charge in [-0.05, 0) is 42.8 Å². The fourth-order valence-corrected chi connectivity index (χ4v) is 3.93. The summed E-state index contributed by atoms with van der Waals surface area (Å²) in [6, 6.07) is 12.0. The molecule has 1 aliphatic rings. The van der Waals surface area contributed by atoms with Crippen LogP contribution in [-0.2, 0) is 14.8 Å². The first-order chi connectivity index (χ1) is 12.2. The smallest absolute Gasteiger partial charge is 0.265 e. The molecule has 2 aromatic rings. The third-order valence-electron chi connectivity index (χ3n) is 4.03. The summed E-state index contributed by atoms with van der Waals surface area (Å²) in [5, 5.41) is 3.27. The fourth-order valence-electron chi connectivity index (χ4n) is 2.81. The van der Waals surface area contributed by atoms with E-state index in [9.17, 15) is 13.2 Å². The largest absolute Gasteiger partial charge is 0.478 e. The van der Waals surface area contributed by atoms with E-state index in [2.05, 4.69) is 5.32 Å². The third kappa shape index (κ3) is 4.11. The molecule has 138 valence electrons. The predicted octanol–water partition coefficient (Wildman–Crippen LogP) is 3.20. The average molecular weight is 395 g/mol. The van der Waals surface area contributed by atoms with E-state index < -0.39 is 16.1 Å². The lowest BCUT2D eigenvalue weighted by atomic mass is 10.2. The van der Waals surface area contributed by atoms with Crippen molar-refractivity contribution in [2.75, 3.05) is 22.4 Å². The number of halogens is 1. The second kappa shape index (κ2) is 7.17. The van der Waals surface area contributed by atoms with Crippen molar-refractivity contribution in [3.63, 3.8) is 0 Å². The van der Waals surface area contributed by atoms with Gasteiger partial charge in [-0.3, -0.25) is 9.10 Å². The van der Waals surface area contributed by atoms with Gasteiger partial charge in [-0.15, -0.1) is 0 Å². The van der Waals surface area contributed by atoms with Gasteiger partial charge < -0.3 is 10.1 Å². The molecular formula is C18H19ClN2O4S. The summed E-state index contributed by atoms with van der Waals surface area (Å²) >= 11 is 5.94. The number of carbonyl (C=O) groups is 1. The molecule has 0 bridgehead atoms. The van der Waals surface area contributed by atoms with Crippen LogP contribution in [0, 0.1) is 6.92 Å². The van der Waals surface area contributed by atoms with Gasteiger partial charge in [-0.2, -0.15) is 0 Å². The molecule has 1 aliphatic heterocycles. The Hall–Kier alpha value is -2.25. The van der Waals surface area contributed by atoms with Crippen LogP contribution in [0.4, 0.5) is 11.4 Å². The monoisotopic (exact) mass is 394 g/mol. The first-order valence-corrected chi connectivity index (χ1v) is 10.3. The lowest BCUT2D eigenvalue weighted by Gasteiger charge is -2.21. The Balaban J connectivity index is 1.88. The molecule has 0 fully saturated rings. The molecule has 0 saturated carbocycles. The number of fused-ring (bicyclic) bond motifs is 1. The summed E-state index contributed by atoms with van der Waals surface area (Å²) in [5.74, 6) is 0.0129. The zero-order valence-electron chi connectivity index (χ0n) is 14.4. The highest BCUT2D eigenvalue weighted by atomic mass is 35.5. The Labute approximate surface area is 157 Å². The van der Waals surface area contributed by atoms with Crippen LogP contribution in [-0.4, -0.2) is 33.2 Å². The molecule has 0 aromatic heterocycles. The number of hydrogen-bond acceptors (Lipinski definition) is 4. The van der Waals surface area contributed by atoms with Crippen molar-refractivity contribution < 1.29 is 17.9 Å². The minimum Gasteiger partial charge on any atom is -0.478 e. The predicted molar refractivity (Wildman–Crippen MR) is 102 cm³/mol. The number of carbonyl (C=O) groups excluding carboxylic acids is 1. The number of hydrogen-bond donors (Lipinski definition) is 1. The first-order valence-electron chi connectivity index (χ1n) is 8.05. The van der Waals surface area contributed by atoms with Gasteiger partial charge in [0.2, 0.25) is 10.0 Å². The molecular weight excluding hydrogens is 376 g/mol. The number of nitrogens with zero attached hydrogens (tertiary/aromatic N) is 1. The van der Waals surface area contributed by atoms with E-state index >= 15 is 0 Å². The van der Waals surface area contributed by atoms with Crippen molar-refractivity contribution in [3.05, 3.63) is 53.1 Å². The molecule has 6 nitrogen and oxygen atoms in total. The van der Waals surface area contributed by atoms with Crippen LogP contribution in [0.25, 0.3) is 0 Å². The number of anilines is 2. The fraction of sp³-hybridized carbons (Fsp3) is 0.278. The van der Waals surface area contributed by atoms with Gasteiger partial charge in [0.15, 0.2) is 6.10 Å². The molecule has 26 heavy (non-hydrogen) atoms. The Morgan fingerprint density at radius 1 is 1.27 bits per heavy atom. The van der Waals surface area contributed by atoms with E-state index in [0.29, 0.717) is 22.1 Å². The molecule has 0 radical (unpaired) electrons. The first kappa shape index (κ1) is 18.5. The van der Waals surface area contributed by atoms with E-state index in [1.165, 1.54) is 4.31 Å². The highest BCUT2D eigenvalue weighted by Crippen LogP contribution is 2.35. The maximum atomic E-state index is 12.6. The van der Waals surface area contributed by atoms with Gasteiger partial charge in [0.25, 0.3) is 5.91 Å². The van der Waals surface area contributed by atoms with E-state index in [4.69, 9.17) is 16.3 Å². The van der Waals surface area contributed by atoms with E-state index in [0.717, 1.165) is 11.8 Å². The van der Waals surface area contributed by atoms with Crippen molar-refractivity contribution in [1.82, 2.24) is 0 Å². The van der Waals surface area contributed by atoms with Gasteiger partial charge in [0, 0.05) is 23.7 Å². The molecule has 1 heterocycles. The highest BCUT2D eigenvalue weighted by Gasteiger charge is 2.31. The van der Waals surface area contributed by atoms with Crippen LogP contribution in [0.15, 0.2) is 42.5 Å². The van der Waals surface area contributed by atoms with Crippen LogP contribution in [0.2, 0.25) is 5.02 Å². The number of nitrogens with one attached hydrogen (secondary N) is 1. The summed E-state index contributed by atoms with van der Waals surface area (Å²) in [4.78, 5) is 12.6. The summed E-state index contributed by atoms with van der Waals surface area (Å²) in [5.41, 5.74) is 1.91. The van der Waals surface area contributed by atoms with Gasteiger partial charge in [0.1, 0.15) is 5.75 Å². The highest BCUT2D eigenvalue weighted by molar-refractivity contribution is 7.92. The summed E-state index contributed by atoms with van der Waals surface area (Å²) in [6.45, 7) is 2.03. The molecule has 0 aliphatic carbocycles. The molecule has 1 amide bonds. The van der Waals surface area contributed by atoms with Crippen LogP contribution >= 0.6 is 11.6 Å². The quantitative estimate of drug-likeness (QED) is 0.867. The van der Waals surface area contributed by atoms with Gasteiger partial charge in [-0.1, -0.05) is 23.7 Å². The Bertz CT molecular complexity index is 946. The lowest BCUT2D eigenvalue weighted by Crippen LogP contribution is -2.35. The second-order valence-corrected chi connectivity index (χ2v) is 8.54. The number of ether oxygens (including phenoxy) is 1. The molecule has 1 atom stereocenters. The standard InChI is InChI=1S/C18H19ClN2O4S/c1-12-6-7-16-15(10-12)21(26(2,23)24)9-8-17(25-16)18(22)20-14-5-3-4-13(19)11-14/h3-7,10-11,17H,8-9H2,1-2H3,(H,20,22). The average Bonchev–Trinajstić information content (AvgIpc) is 2.73. The number of amides is 1. The third-order valence-corrected chi connectivity index (χ3v) is 5.45. The Morgan fingerprint density at radius 2 is 2.04 bits per heavy atom. The maximum absolute atomic E-state index is 12.6. The lowest BCUT2D eigenvalue weighted by molar-refractivity contribution is -0.122. The van der Waals surface area contributed by atoms with E-state index in [1.54, 1.807) is 36.4 Å². The molecule has 8 heteroatoms. The van der Waals surface area contributed by atoms with Gasteiger partial charge >= 0.3 is 0 Å². The van der Waals surface area contributed by atoms with Crippen molar-refractivity contribution in [3.8, 4) is 5.75 Å². The second-order valence-electron chi connectivity index (χ2n) is 6.20. The minimum absolute atomic E-state index is 0.156. The van der Waals surface area contributed by atoms with Crippen LogP contribution in [0.1, 0.15) is 12.0 Å². The summed E-state index contributed by atoms with van der Waals surface area (Å²) in [6.07, 6.45) is 0.556. The van der Waals surface area contributed by atoms with E-state index in [-0.39, 0.29) is 18.9 Å². The number of rotatable bonds is 3. The van der Waals surface area contributed by atoms with Gasteiger partial charge in [0.05, 0.1) is 11.9 Å². The molecule has 0 saturated heterocycles. The summed E-state index contributed by atoms with van der Waals surface area (Å²) < 4.78 is 31.5. The molecule has 1 N–H and O–H groups in total.